The van der Waals surface area contributed by atoms with Gasteiger partial charge in [-0.15, -0.1) is 0 Å². The van der Waals surface area contributed by atoms with E-state index < -0.39 is 0 Å². The van der Waals surface area contributed by atoms with E-state index in [1.807, 2.05) is 43.3 Å². The van der Waals surface area contributed by atoms with Gasteiger partial charge in [0.05, 0.1) is 0 Å². The fraction of sp³-hybridized carbons (Fsp3) is 0.345. The molecular formula is C29H38BrFN4O4. The summed E-state index contributed by atoms with van der Waals surface area (Å²) in [6.45, 7) is 7.31. The molecule has 8 nitrogen and oxygen atoms in total. The van der Waals surface area contributed by atoms with Crippen LogP contribution in [0.5, 0.6) is 5.75 Å². The Bertz CT molecular complexity index is 1090. The summed E-state index contributed by atoms with van der Waals surface area (Å²) in [5, 5.41) is 13.0. The molecule has 3 rings (SSSR count). The Labute approximate surface area is 238 Å². The van der Waals surface area contributed by atoms with Crippen LogP contribution in [0.15, 0.2) is 71.5 Å². The topological polar surface area (TPSA) is 104 Å². The number of aryl methyl sites for hydroxylation is 1. The third-order valence-corrected chi connectivity index (χ3v) is 5.84. The number of hydrogen-bond donors (Lipinski definition) is 3. The highest BCUT2D eigenvalue weighted by atomic mass is 79.9. The van der Waals surface area contributed by atoms with Crippen molar-refractivity contribution < 1.29 is 23.8 Å². The number of nitrogens with zero attached hydrogens (tertiary/aromatic N) is 2. The molecule has 0 saturated heterocycles. The summed E-state index contributed by atoms with van der Waals surface area (Å²) in [6, 6.07) is 16.4. The predicted octanol–water partition coefficient (Wildman–Crippen LogP) is 4.24. The van der Waals surface area contributed by atoms with E-state index in [1.54, 1.807) is 23.4 Å². The van der Waals surface area contributed by atoms with Crippen LogP contribution < -0.4 is 15.4 Å². The Hall–Kier alpha value is -3.34. The van der Waals surface area contributed by atoms with Crippen molar-refractivity contribution in [3.05, 3.63) is 94.0 Å². The van der Waals surface area contributed by atoms with E-state index >= 15 is 0 Å². The van der Waals surface area contributed by atoms with Crippen LogP contribution in [0.1, 0.15) is 30.0 Å². The first-order valence-corrected chi connectivity index (χ1v) is 13.3. The summed E-state index contributed by atoms with van der Waals surface area (Å²) in [5.41, 5.74) is 2.95. The molecule has 0 radical (unpaired) electrons. The molecule has 39 heavy (non-hydrogen) atoms. The fourth-order valence-corrected chi connectivity index (χ4v) is 3.65. The molecule has 0 unspecified atom stereocenters. The second kappa shape index (κ2) is 20.6. The molecule has 0 saturated carbocycles. The summed E-state index contributed by atoms with van der Waals surface area (Å²) < 4.78 is 19.6. The van der Waals surface area contributed by atoms with Gasteiger partial charge in [0, 0.05) is 68.7 Å². The molecule has 0 spiro atoms. The number of aliphatic hydroxyl groups excluding tert-OH is 1. The number of hydrogen-bond acceptors (Lipinski definition) is 6. The standard InChI is InChI=1S/C15H23N3O2.C13H11BrFNO.CH4O/c1-14(20)17-9-5-8-16-10-11-18(13-19)12-15-6-3-2-4-7-15;1-9-4-11(15)6-12(5-9)17-8-10-2-3-16-7-13(10)14;1-2/h2-4,6-7,13,16H,5,8-12H2,1H3,(H,17,20);2-7H,8H2,1H3;2H,1H3. The number of aliphatic hydroxyl groups is 1. The molecular weight excluding hydrogens is 567 g/mol. The zero-order valence-electron chi connectivity index (χ0n) is 22.7. The maximum absolute atomic E-state index is 13.1. The molecule has 2 aromatic carbocycles. The zero-order chi connectivity index (χ0) is 28.9. The molecule has 1 heterocycles. The van der Waals surface area contributed by atoms with Gasteiger partial charge in [-0.3, -0.25) is 14.6 Å². The lowest BCUT2D eigenvalue weighted by Gasteiger charge is -2.17. The number of carbonyl (C=O) groups excluding carboxylic acids is 2. The van der Waals surface area contributed by atoms with Crippen molar-refractivity contribution in [1.29, 1.82) is 0 Å². The lowest BCUT2D eigenvalue weighted by Crippen LogP contribution is -2.32. The molecule has 0 atom stereocenters. The first-order valence-electron chi connectivity index (χ1n) is 12.5. The smallest absolute Gasteiger partial charge is 0.216 e. The molecule has 212 valence electrons. The third kappa shape index (κ3) is 15.6. The molecule has 0 fully saturated rings. The molecule has 3 N–H and O–H groups in total. The summed E-state index contributed by atoms with van der Waals surface area (Å²) in [6.07, 6.45) is 5.17. The van der Waals surface area contributed by atoms with Gasteiger partial charge in [0.1, 0.15) is 18.2 Å². The molecule has 0 aliphatic carbocycles. The van der Waals surface area contributed by atoms with Crippen LogP contribution in [0.4, 0.5) is 4.39 Å². The lowest BCUT2D eigenvalue weighted by molar-refractivity contribution is -0.119. The molecule has 10 heteroatoms. The van der Waals surface area contributed by atoms with Gasteiger partial charge in [-0.1, -0.05) is 30.3 Å². The molecule has 2 amide bonds. The van der Waals surface area contributed by atoms with Crippen molar-refractivity contribution in [3.63, 3.8) is 0 Å². The number of aromatic nitrogens is 1. The lowest BCUT2D eigenvalue weighted by atomic mass is 10.2. The van der Waals surface area contributed by atoms with Gasteiger partial charge in [0.2, 0.25) is 12.3 Å². The Morgan fingerprint density at radius 2 is 1.87 bits per heavy atom. The maximum atomic E-state index is 13.1. The van der Waals surface area contributed by atoms with Crippen LogP contribution >= 0.6 is 15.9 Å². The molecule has 0 aliphatic heterocycles. The SMILES string of the molecule is CC(=O)NCCCNCCN(C=O)Cc1ccccc1.CO.Cc1cc(F)cc(OCc2ccncc2Br)c1. The highest BCUT2D eigenvalue weighted by molar-refractivity contribution is 9.10. The quantitative estimate of drug-likeness (QED) is 0.199. The summed E-state index contributed by atoms with van der Waals surface area (Å²) >= 11 is 3.38. The van der Waals surface area contributed by atoms with Crippen molar-refractivity contribution in [3.8, 4) is 5.75 Å². The highest BCUT2D eigenvalue weighted by Crippen LogP contribution is 2.20. The minimum absolute atomic E-state index is 0.00000821. The van der Waals surface area contributed by atoms with Crippen LogP contribution in [-0.4, -0.2) is 60.6 Å². The number of carbonyl (C=O) groups is 2. The molecule has 0 bridgehead atoms. The van der Waals surface area contributed by atoms with Crippen molar-refractivity contribution in [2.45, 2.75) is 33.4 Å². The van der Waals surface area contributed by atoms with E-state index in [-0.39, 0.29) is 11.7 Å². The van der Waals surface area contributed by atoms with Crippen molar-refractivity contribution in [2.75, 3.05) is 33.3 Å². The van der Waals surface area contributed by atoms with Crippen molar-refractivity contribution in [2.24, 2.45) is 0 Å². The minimum Gasteiger partial charge on any atom is -0.489 e. The molecule has 0 aliphatic rings. The first kappa shape index (κ1) is 33.7. The Kier molecular flexibility index (Phi) is 17.8. The largest absolute Gasteiger partial charge is 0.489 e. The van der Waals surface area contributed by atoms with Crippen LogP contribution in [-0.2, 0) is 22.7 Å². The number of halogens is 2. The van der Waals surface area contributed by atoms with Gasteiger partial charge >= 0.3 is 0 Å². The average molecular weight is 606 g/mol. The van der Waals surface area contributed by atoms with Crippen LogP contribution in [0.25, 0.3) is 0 Å². The monoisotopic (exact) mass is 604 g/mol. The average Bonchev–Trinajstić information content (AvgIpc) is 2.93. The summed E-state index contributed by atoms with van der Waals surface area (Å²) in [4.78, 5) is 27.4. The van der Waals surface area contributed by atoms with Crippen molar-refractivity contribution >= 4 is 28.2 Å². The second-order valence-corrected chi connectivity index (χ2v) is 9.22. The maximum Gasteiger partial charge on any atom is 0.216 e. The van der Waals surface area contributed by atoms with E-state index in [4.69, 9.17) is 9.84 Å². The first-order chi connectivity index (χ1) is 18.9. The van der Waals surface area contributed by atoms with Crippen LogP contribution in [0, 0.1) is 12.7 Å². The molecule has 1 aromatic heterocycles. The number of benzene rings is 2. The summed E-state index contributed by atoms with van der Waals surface area (Å²) in [5.74, 6) is 0.250. The predicted molar refractivity (Wildman–Crippen MR) is 155 cm³/mol. The third-order valence-electron chi connectivity index (χ3n) is 5.12. The second-order valence-electron chi connectivity index (χ2n) is 8.37. The van der Waals surface area contributed by atoms with E-state index in [2.05, 4.69) is 31.5 Å². The van der Waals surface area contributed by atoms with Gasteiger partial charge in [0.25, 0.3) is 0 Å². The van der Waals surface area contributed by atoms with E-state index in [1.165, 1.54) is 19.1 Å². The van der Waals surface area contributed by atoms with Crippen LogP contribution in [0.2, 0.25) is 0 Å². The van der Waals surface area contributed by atoms with Crippen molar-refractivity contribution in [1.82, 2.24) is 20.5 Å². The zero-order valence-corrected chi connectivity index (χ0v) is 24.3. The normalized spacial score (nSPS) is 9.79. The number of nitrogens with one attached hydrogen (secondary N) is 2. The van der Waals surface area contributed by atoms with Gasteiger partial charge < -0.3 is 25.4 Å². The number of ether oxygens (including phenoxy) is 1. The Balaban J connectivity index is 0.000000370. The molecule has 3 aromatic rings. The minimum atomic E-state index is -0.284. The van der Waals surface area contributed by atoms with Crippen LogP contribution in [0.3, 0.4) is 0 Å². The number of rotatable bonds is 13. The van der Waals surface area contributed by atoms with E-state index in [9.17, 15) is 14.0 Å². The van der Waals surface area contributed by atoms with Gasteiger partial charge in [0.15, 0.2) is 0 Å². The Morgan fingerprint density at radius 3 is 2.51 bits per heavy atom. The van der Waals surface area contributed by atoms with Gasteiger partial charge in [-0.2, -0.15) is 0 Å². The summed E-state index contributed by atoms with van der Waals surface area (Å²) in [7, 11) is 1.00. The number of amides is 2. The van der Waals surface area contributed by atoms with Gasteiger partial charge in [-0.25, -0.2) is 4.39 Å². The fourth-order valence-electron chi connectivity index (χ4n) is 3.28. The number of pyridine rings is 1. The highest BCUT2D eigenvalue weighted by Gasteiger charge is 2.03. The Morgan fingerprint density at radius 1 is 1.13 bits per heavy atom. The van der Waals surface area contributed by atoms with E-state index in [0.29, 0.717) is 32.0 Å². The van der Waals surface area contributed by atoms with E-state index in [0.717, 1.165) is 54.2 Å². The van der Waals surface area contributed by atoms with Gasteiger partial charge in [-0.05, 0) is 65.1 Å².